The van der Waals surface area contributed by atoms with Gasteiger partial charge in [0.25, 0.3) is 0 Å². The van der Waals surface area contributed by atoms with Gasteiger partial charge >= 0.3 is 0 Å². The Morgan fingerprint density at radius 2 is 1.61 bits per heavy atom. The Kier molecular flexibility index (Phi) is 12.6. The molecular formula is C39H44N4O2S. The summed E-state index contributed by atoms with van der Waals surface area (Å²) in [5.74, 6) is 0.972. The molecule has 0 aliphatic carbocycles. The molecule has 0 N–H and O–H groups in total. The van der Waals surface area contributed by atoms with E-state index >= 15 is 0 Å². The van der Waals surface area contributed by atoms with Crippen LogP contribution in [0, 0.1) is 34.0 Å². The van der Waals surface area contributed by atoms with Gasteiger partial charge in [0.05, 0.1) is 0 Å². The van der Waals surface area contributed by atoms with Crippen molar-refractivity contribution in [2.45, 2.75) is 88.9 Å². The Hall–Kier alpha value is -4.38. The Labute approximate surface area is 279 Å². The number of benzene rings is 2. The number of ether oxygens (including phenoxy) is 2. The first-order valence-electron chi connectivity index (χ1n) is 16.3. The molecule has 2 aromatic carbocycles. The summed E-state index contributed by atoms with van der Waals surface area (Å²) in [6.45, 7) is 10.8. The fourth-order valence-electron chi connectivity index (χ4n) is 5.65. The zero-order valence-corrected chi connectivity index (χ0v) is 28.3. The van der Waals surface area contributed by atoms with Gasteiger partial charge in [-0.2, -0.15) is 15.8 Å². The standard InChI is InChI=1S/C39H44N4O2S/c1-5-7-22-43(23-8-6-2)32-16-14-30(37(24-32)44-28-29-12-10-9-11-13-29)15-17-33-18-19-34(46-33)20-21-36-35(27-42)38(31(25-40)26-41)45-39(36,3)4/h9-17,20-21,24,33-34H,5-8,18-19,22-23,28H2,1-4H3/b17-15+,21-20+. The first-order chi connectivity index (χ1) is 22.3. The van der Waals surface area contributed by atoms with Crippen LogP contribution in [0.15, 0.2) is 89.2 Å². The van der Waals surface area contributed by atoms with Crippen LogP contribution >= 0.6 is 11.8 Å². The summed E-state index contributed by atoms with van der Waals surface area (Å²) >= 11 is 1.89. The van der Waals surface area contributed by atoms with Gasteiger partial charge in [-0.05, 0) is 57.2 Å². The number of thioether (sulfide) groups is 1. The molecule has 238 valence electrons. The minimum atomic E-state index is -0.802. The molecule has 1 saturated heterocycles. The van der Waals surface area contributed by atoms with Crippen LogP contribution in [0.3, 0.4) is 0 Å². The van der Waals surface area contributed by atoms with Gasteiger partial charge in [0.15, 0.2) is 11.3 Å². The predicted molar refractivity (Wildman–Crippen MR) is 188 cm³/mol. The van der Waals surface area contributed by atoms with Gasteiger partial charge in [0.2, 0.25) is 0 Å². The van der Waals surface area contributed by atoms with Crippen LogP contribution in [0.1, 0.15) is 77.3 Å². The SMILES string of the molecule is CCCCN(CCCC)c1ccc(/C=C/C2CCC(/C=C/C3=C(C#N)C(=C(C#N)C#N)OC3(C)C)S2)c(OCc2ccccc2)c1. The summed E-state index contributed by atoms with van der Waals surface area (Å²) in [5, 5.41) is 29.1. The van der Waals surface area contributed by atoms with E-state index in [0.29, 0.717) is 17.4 Å². The van der Waals surface area contributed by atoms with Gasteiger partial charge in [-0.15, -0.1) is 11.8 Å². The molecule has 4 rings (SSSR count). The Morgan fingerprint density at radius 3 is 2.22 bits per heavy atom. The van der Waals surface area contributed by atoms with E-state index in [1.807, 2.05) is 62.0 Å². The highest BCUT2D eigenvalue weighted by molar-refractivity contribution is 8.01. The lowest BCUT2D eigenvalue weighted by atomic mass is 9.94. The van der Waals surface area contributed by atoms with Crippen LogP contribution in [-0.4, -0.2) is 29.2 Å². The van der Waals surface area contributed by atoms with Crippen molar-refractivity contribution < 1.29 is 9.47 Å². The molecule has 0 bridgehead atoms. The summed E-state index contributed by atoms with van der Waals surface area (Å²) in [7, 11) is 0. The Balaban J connectivity index is 1.51. The highest BCUT2D eigenvalue weighted by Gasteiger charge is 2.39. The van der Waals surface area contributed by atoms with Crippen LogP contribution < -0.4 is 9.64 Å². The smallest absolute Gasteiger partial charge is 0.172 e. The molecule has 0 saturated carbocycles. The highest BCUT2D eigenvalue weighted by Crippen LogP contribution is 2.42. The number of hydrogen-bond acceptors (Lipinski definition) is 7. The van der Waals surface area contributed by atoms with Gasteiger partial charge in [0, 0.05) is 46.5 Å². The Morgan fingerprint density at radius 1 is 0.957 bits per heavy atom. The number of nitrogens with zero attached hydrogens (tertiary/aromatic N) is 4. The highest BCUT2D eigenvalue weighted by atomic mass is 32.2. The summed E-state index contributed by atoms with van der Waals surface area (Å²) in [6, 6.07) is 22.8. The largest absolute Gasteiger partial charge is 0.488 e. The third-order valence-corrected chi connectivity index (χ3v) is 9.77. The first-order valence-corrected chi connectivity index (χ1v) is 17.2. The van der Waals surface area contributed by atoms with E-state index in [0.717, 1.165) is 42.8 Å². The second-order valence-corrected chi connectivity index (χ2v) is 13.6. The van der Waals surface area contributed by atoms with Crippen molar-refractivity contribution in [2.75, 3.05) is 18.0 Å². The minimum Gasteiger partial charge on any atom is -0.488 e. The molecule has 46 heavy (non-hydrogen) atoms. The third kappa shape index (κ3) is 8.87. The minimum absolute atomic E-state index is 0.0761. The van der Waals surface area contributed by atoms with Crippen LogP contribution in [0.25, 0.3) is 6.08 Å². The van der Waals surface area contributed by atoms with Gasteiger partial charge < -0.3 is 14.4 Å². The molecule has 1 fully saturated rings. The maximum atomic E-state index is 9.84. The lowest BCUT2D eigenvalue weighted by molar-refractivity contribution is 0.0953. The number of unbranched alkanes of at least 4 members (excludes halogenated alkanes) is 2. The van der Waals surface area contributed by atoms with Crippen molar-refractivity contribution in [3.05, 3.63) is 100 Å². The van der Waals surface area contributed by atoms with Crippen LogP contribution in [0.2, 0.25) is 0 Å². The van der Waals surface area contributed by atoms with Gasteiger partial charge in [0.1, 0.15) is 41.7 Å². The van der Waals surface area contributed by atoms with Crippen molar-refractivity contribution in [1.82, 2.24) is 0 Å². The second-order valence-electron chi connectivity index (χ2n) is 12.1. The number of rotatable bonds is 14. The zero-order chi connectivity index (χ0) is 32.9. The van der Waals surface area contributed by atoms with Gasteiger partial charge in [-0.1, -0.05) is 81.3 Å². The first kappa shape index (κ1) is 34.5. The average molecular weight is 633 g/mol. The monoisotopic (exact) mass is 632 g/mol. The molecule has 2 heterocycles. The van der Waals surface area contributed by atoms with E-state index in [2.05, 4.69) is 73.4 Å². The summed E-state index contributed by atoms with van der Waals surface area (Å²) in [4.78, 5) is 2.49. The number of nitriles is 3. The van der Waals surface area contributed by atoms with Crippen molar-refractivity contribution in [2.24, 2.45) is 0 Å². The zero-order valence-electron chi connectivity index (χ0n) is 27.5. The number of anilines is 1. The molecule has 6 nitrogen and oxygen atoms in total. The number of hydrogen-bond donors (Lipinski definition) is 0. The van der Waals surface area contributed by atoms with Crippen molar-refractivity contribution in [1.29, 1.82) is 15.8 Å². The third-order valence-electron chi connectivity index (χ3n) is 8.28. The van der Waals surface area contributed by atoms with Gasteiger partial charge in [-0.3, -0.25) is 0 Å². The second kappa shape index (κ2) is 16.8. The molecule has 0 amide bonds. The van der Waals surface area contributed by atoms with Gasteiger partial charge in [-0.25, -0.2) is 0 Å². The van der Waals surface area contributed by atoms with Crippen molar-refractivity contribution in [3.8, 4) is 24.0 Å². The molecule has 2 aromatic rings. The maximum Gasteiger partial charge on any atom is 0.172 e. The topological polar surface area (TPSA) is 93.1 Å². The molecule has 2 atom stereocenters. The van der Waals surface area contributed by atoms with E-state index in [1.54, 1.807) is 0 Å². The van der Waals surface area contributed by atoms with Crippen molar-refractivity contribution in [3.63, 3.8) is 0 Å². The van der Waals surface area contributed by atoms with Crippen LogP contribution in [0.5, 0.6) is 5.75 Å². The predicted octanol–water partition coefficient (Wildman–Crippen LogP) is 9.44. The van der Waals surface area contributed by atoms with Crippen LogP contribution in [0.4, 0.5) is 5.69 Å². The van der Waals surface area contributed by atoms with Crippen molar-refractivity contribution >= 4 is 23.5 Å². The fourth-order valence-corrected chi connectivity index (χ4v) is 6.99. The molecule has 0 radical (unpaired) electrons. The number of allylic oxidation sites excluding steroid dienone is 2. The molecule has 0 spiro atoms. The normalized spacial score (nSPS) is 18.8. The molecule has 7 heteroatoms. The van der Waals surface area contributed by atoms with E-state index in [9.17, 15) is 15.8 Å². The fraction of sp³-hybridized carbons (Fsp3) is 0.410. The quantitative estimate of drug-likeness (QED) is 0.192. The van der Waals surface area contributed by atoms with E-state index in [-0.39, 0.29) is 22.2 Å². The molecular weight excluding hydrogens is 589 g/mol. The summed E-state index contributed by atoms with van der Waals surface area (Å²) < 4.78 is 12.4. The maximum absolute atomic E-state index is 9.84. The molecule has 0 aromatic heterocycles. The average Bonchev–Trinajstić information content (AvgIpc) is 3.63. The van der Waals surface area contributed by atoms with E-state index in [4.69, 9.17) is 9.47 Å². The summed E-state index contributed by atoms with van der Waals surface area (Å²) in [5.41, 5.74) is 3.40. The van der Waals surface area contributed by atoms with E-state index in [1.165, 1.54) is 31.4 Å². The van der Waals surface area contributed by atoms with E-state index < -0.39 is 5.60 Å². The molecule has 2 unspecified atom stereocenters. The molecule has 2 aliphatic heterocycles. The van der Waals surface area contributed by atoms with Crippen LogP contribution in [-0.2, 0) is 11.3 Å². The summed E-state index contributed by atoms with van der Waals surface area (Å²) in [6.07, 6.45) is 15.3. The lowest BCUT2D eigenvalue weighted by Crippen LogP contribution is -2.25. The molecule has 2 aliphatic rings. The Bertz CT molecular complexity index is 1580. The lowest BCUT2D eigenvalue weighted by Gasteiger charge is -2.26.